The van der Waals surface area contributed by atoms with Gasteiger partial charge in [0, 0.05) is 24.6 Å². The summed E-state index contributed by atoms with van der Waals surface area (Å²) in [6.45, 7) is 0.179. The number of non-ortho nitro benzene ring substituents is 1. The number of nitrogens with one attached hydrogen (secondary N) is 1. The lowest BCUT2D eigenvalue weighted by Crippen LogP contribution is -2.12. The summed E-state index contributed by atoms with van der Waals surface area (Å²) in [6.07, 6.45) is 0. The van der Waals surface area contributed by atoms with Crippen LogP contribution in [0.4, 0.5) is 11.4 Å². The van der Waals surface area contributed by atoms with Gasteiger partial charge in [-0.3, -0.25) is 14.9 Å². The van der Waals surface area contributed by atoms with E-state index in [1.807, 2.05) is 24.3 Å². The molecule has 0 fully saturated rings. The molecule has 0 saturated carbocycles. The molecule has 1 heterocycles. The van der Waals surface area contributed by atoms with Crippen LogP contribution in [0, 0.1) is 13.7 Å². The van der Waals surface area contributed by atoms with Crippen molar-refractivity contribution in [2.24, 2.45) is 0 Å². The van der Waals surface area contributed by atoms with Gasteiger partial charge in [-0.2, -0.15) is 0 Å². The first-order chi connectivity index (χ1) is 13.3. The molecule has 0 aliphatic heterocycles. The number of furan rings is 1. The van der Waals surface area contributed by atoms with Gasteiger partial charge in [-0.25, -0.2) is 0 Å². The summed E-state index contributed by atoms with van der Waals surface area (Å²) in [6, 6.07) is 13.4. The fourth-order valence-corrected chi connectivity index (χ4v) is 3.94. The molecule has 2 aromatic carbocycles. The Bertz CT molecular complexity index is 1010. The van der Waals surface area contributed by atoms with Crippen molar-refractivity contribution in [1.29, 1.82) is 0 Å². The lowest BCUT2D eigenvalue weighted by Gasteiger charge is -2.08. The molecule has 0 aliphatic rings. The molecule has 144 valence electrons. The standard InChI is InChI=1S/C18H11Br2IN2O5/c19-14-7-11(23(25)26)8-15(20)17(14)22-18(24)16-6-5-13(28-16)9-27-12-3-1-10(21)2-4-12/h1-8H,9H2,(H,22,24). The Labute approximate surface area is 190 Å². The van der Waals surface area contributed by atoms with Crippen LogP contribution in [0.1, 0.15) is 16.3 Å². The maximum atomic E-state index is 12.4. The van der Waals surface area contributed by atoms with Gasteiger partial charge in [-0.1, -0.05) is 0 Å². The number of carbonyl (C=O) groups is 1. The average molecular weight is 622 g/mol. The molecule has 0 spiro atoms. The molecule has 3 rings (SSSR count). The van der Waals surface area contributed by atoms with Crippen molar-refractivity contribution in [2.45, 2.75) is 6.61 Å². The smallest absolute Gasteiger partial charge is 0.291 e. The molecular formula is C18H11Br2IN2O5. The van der Waals surface area contributed by atoms with Crippen LogP contribution in [0.2, 0.25) is 0 Å². The van der Waals surface area contributed by atoms with E-state index in [0.717, 1.165) is 3.57 Å². The summed E-state index contributed by atoms with van der Waals surface area (Å²) in [5, 5.41) is 13.6. The number of rotatable bonds is 6. The molecule has 1 aromatic heterocycles. The predicted octanol–water partition coefficient (Wildman–Crippen LogP) is 6.15. The fourth-order valence-electron chi connectivity index (χ4n) is 2.22. The Balaban J connectivity index is 1.67. The van der Waals surface area contributed by atoms with Gasteiger partial charge >= 0.3 is 0 Å². The van der Waals surface area contributed by atoms with Crippen LogP contribution in [0.3, 0.4) is 0 Å². The summed E-state index contributed by atoms with van der Waals surface area (Å²) >= 11 is 8.66. The molecule has 0 aliphatic carbocycles. The second-order valence-electron chi connectivity index (χ2n) is 5.50. The number of hydrogen-bond donors (Lipinski definition) is 1. The predicted molar refractivity (Wildman–Crippen MR) is 119 cm³/mol. The van der Waals surface area contributed by atoms with Crippen LogP contribution < -0.4 is 10.1 Å². The lowest BCUT2D eigenvalue weighted by molar-refractivity contribution is -0.385. The van der Waals surface area contributed by atoms with E-state index in [2.05, 4.69) is 59.8 Å². The summed E-state index contributed by atoms with van der Waals surface area (Å²) < 4.78 is 13.0. The number of halogens is 3. The Kier molecular flexibility index (Phi) is 6.73. The molecule has 0 bridgehead atoms. The number of ether oxygens (including phenoxy) is 1. The van der Waals surface area contributed by atoms with Crippen molar-refractivity contribution in [3.63, 3.8) is 0 Å². The second kappa shape index (κ2) is 9.05. The summed E-state index contributed by atoms with van der Waals surface area (Å²) in [5.74, 6) is 0.793. The van der Waals surface area contributed by atoms with Crippen molar-refractivity contribution in [1.82, 2.24) is 0 Å². The third-order valence-electron chi connectivity index (χ3n) is 3.56. The van der Waals surface area contributed by atoms with Gasteiger partial charge in [0.05, 0.1) is 10.6 Å². The Morgan fingerprint density at radius 1 is 1.14 bits per heavy atom. The summed E-state index contributed by atoms with van der Waals surface area (Å²) in [4.78, 5) is 22.8. The average Bonchev–Trinajstić information content (AvgIpc) is 3.13. The number of amides is 1. The fraction of sp³-hybridized carbons (Fsp3) is 0.0556. The molecule has 0 atom stereocenters. The van der Waals surface area contributed by atoms with E-state index in [1.165, 1.54) is 18.2 Å². The van der Waals surface area contributed by atoms with Gasteiger partial charge < -0.3 is 14.5 Å². The molecule has 0 radical (unpaired) electrons. The van der Waals surface area contributed by atoms with Crippen LogP contribution in [0.25, 0.3) is 0 Å². The summed E-state index contributed by atoms with van der Waals surface area (Å²) in [7, 11) is 0. The Morgan fingerprint density at radius 2 is 1.79 bits per heavy atom. The zero-order valence-electron chi connectivity index (χ0n) is 13.9. The molecule has 10 heteroatoms. The van der Waals surface area contributed by atoms with Crippen LogP contribution in [-0.2, 0) is 6.61 Å². The third kappa shape index (κ3) is 5.11. The highest BCUT2D eigenvalue weighted by Crippen LogP contribution is 2.35. The number of nitro benzene ring substituents is 1. The SMILES string of the molecule is O=C(Nc1c(Br)cc([N+](=O)[O-])cc1Br)c1ccc(COc2ccc(I)cc2)o1. The zero-order valence-corrected chi connectivity index (χ0v) is 19.3. The first kappa shape index (κ1) is 20.8. The molecule has 0 saturated heterocycles. The van der Waals surface area contributed by atoms with Crippen LogP contribution in [0.15, 0.2) is 61.9 Å². The van der Waals surface area contributed by atoms with Crippen LogP contribution in [0.5, 0.6) is 5.75 Å². The number of nitrogens with zero attached hydrogens (tertiary/aromatic N) is 1. The topological polar surface area (TPSA) is 94.6 Å². The molecule has 7 nitrogen and oxygen atoms in total. The third-order valence-corrected chi connectivity index (χ3v) is 5.53. The zero-order chi connectivity index (χ0) is 20.3. The number of nitro groups is 1. The second-order valence-corrected chi connectivity index (χ2v) is 8.46. The van der Waals surface area contributed by atoms with E-state index < -0.39 is 10.8 Å². The maximum Gasteiger partial charge on any atom is 0.291 e. The van der Waals surface area contributed by atoms with Crippen molar-refractivity contribution >= 4 is 71.7 Å². The van der Waals surface area contributed by atoms with Crippen molar-refractivity contribution in [2.75, 3.05) is 5.32 Å². The van der Waals surface area contributed by atoms with Gasteiger partial charge in [0.2, 0.25) is 0 Å². The monoisotopic (exact) mass is 620 g/mol. The van der Waals surface area contributed by atoms with Gasteiger partial charge in [0.1, 0.15) is 18.1 Å². The highest BCUT2D eigenvalue weighted by molar-refractivity contribution is 14.1. The molecule has 0 unspecified atom stereocenters. The van der Waals surface area contributed by atoms with Gasteiger partial charge in [-0.15, -0.1) is 0 Å². The molecule has 1 amide bonds. The van der Waals surface area contributed by atoms with Gasteiger partial charge in [-0.05, 0) is 90.8 Å². The van der Waals surface area contributed by atoms with Crippen molar-refractivity contribution < 1.29 is 18.9 Å². The highest BCUT2D eigenvalue weighted by Gasteiger charge is 2.18. The molecule has 3 aromatic rings. The first-order valence-corrected chi connectivity index (χ1v) is 10.4. The van der Waals surface area contributed by atoms with E-state index in [9.17, 15) is 14.9 Å². The quantitative estimate of drug-likeness (QED) is 0.202. The molecule has 28 heavy (non-hydrogen) atoms. The first-order valence-electron chi connectivity index (χ1n) is 7.75. The van der Waals surface area contributed by atoms with Crippen LogP contribution in [-0.4, -0.2) is 10.8 Å². The molecular weight excluding hydrogens is 611 g/mol. The van der Waals surface area contributed by atoms with Crippen molar-refractivity contribution in [3.05, 3.63) is 82.7 Å². The van der Waals surface area contributed by atoms with E-state index in [-0.39, 0.29) is 18.1 Å². The largest absolute Gasteiger partial charge is 0.486 e. The van der Waals surface area contributed by atoms with Gasteiger partial charge in [0.15, 0.2) is 5.76 Å². The number of benzene rings is 2. The number of carbonyl (C=O) groups excluding carboxylic acids is 1. The van der Waals surface area contributed by atoms with E-state index >= 15 is 0 Å². The minimum absolute atomic E-state index is 0.0957. The lowest BCUT2D eigenvalue weighted by atomic mass is 10.2. The van der Waals surface area contributed by atoms with E-state index in [0.29, 0.717) is 26.1 Å². The normalized spacial score (nSPS) is 10.5. The minimum Gasteiger partial charge on any atom is -0.486 e. The minimum atomic E-state index is -0.520. The summed E-state index contributed by atoms with van der Waals surface area (Å²) in [5.41, 5.74) is 0.258. The van der Waals surface area contributed by atoms with Crippen LogP contribution >= 0.6 is 54.5 Å². The van der Waals surface area contributed by atoms with E-state index in [4.69, 9.17) is 9.15 Å². The Hall–Kier alpha value is -1.92. The maximum absolute atomic E-state index is 12.4. The number of anilines is 1. The highest BCUT2D eigenvalue weighted by atomic mass is 127. The van der Waals surface area contributed by atoms with Crippen molar-refractivity contribution in [3.8, 4) is 5.75 Å². The number of hydrogen-bond acceptors (Lipinski definition) is 5. The van der Waals surface area contributed by atoms with Gasteiger partial charge in [0.25, 0.3) is 11.6 Å². The molecule has 1 N–H and O–H groups in total. The van der Waals surface area contributed by atoms with E-state index in [1.54, 1.807) is 6.07 Å². The Morgan fingerprint density at radius 3 is 2.39 bits per heavy atom.